The number of aryl methyl sites for hydroxylation is 1. The molecule has 2 aliphatic rings. The fraction of sp³-hybridized carbons (Fsp3) is 0.316. The summed E-state index contributed by atoms with van der Waals surface area (Å²) in [6, 6.07) is 12.2. The van der Waals surface area contributed by atoms with Gasteiger partial charge in [-0.05, 0) is 36.1 Å². The minimum Gasteiger partial charge on any atom is -0.454 e. The Morgan fingerprint density at radius 3 is 2.75 bits per heavy atom. The largest absolute Gasteiger partial charge is 0.454 e. The zero-order chi connectivity index (χ0) is 16.5. The Bertz CT molecular complexity index is 788. The number of fused-ring (bicyclic) bond motifs is 2. The highest BCUT2D eigenvalue weighted by atomic mass is 16.7. The van der Waals surface area contributed by atoms with Crippen LogP contribution in [0.3, 0.4) is 0 Å². The standard InChI is InChI=1S/C19H20N2O3/c1-13-8-17-18(24-12-23-17)9-16(13)20-19(22)11-21-7-6-14-4-2-3-5-15(14)10-21/h2-5,8-9H,6-7,10-12H2,1H3,(H,20,22). The number of carbonyl (C=O) groups is 1. The van der Waals surface area contributed by atoms with Crippen LogP contribution in [0.15, 0.2) is 36.4 Å². The first-order valence-electron chi connectivity index (χ1n) is 8.18. The van der Waals surface area contributed by atoms with Crippen molar-refractivity contribution in [2.24, 2.45) is 0 Å². The Morgan fingerprint density at radius 2 is 1.92 bits per heavy atom. The Hall–Kier alpha value is -2.53. The molecule has 24 heavy (non-hydrogen) atoms. The summed E-state index contributed by atoms with van der Waals surface area (Å²) in [6.07, 6.45) is 0.993. The van der Waals surface area contributed by atoms with Crippen LogP contribution in [0.2, 0.25) is 0 Å². The van der Waals surface area contributed by atoms with Gasteiger partial charge in [-0.15, -0.1) is 0 Å². The molecule has 0 radical (unpaired) electrons. The van der Waals surface area contributed by atoms with Crippen molar-refractivity contribution < 1.29 is 14.3 Å². The number of hydrogen-bond donors (Lipinski definition) is 1. The van der Waals surface area contributed by atoms with E-state index in [1.54, 1.807) is 0 Å². The van der Waals surface area contributed by atoms with Crippen molar-refractivity contribution in [3.63, 3.8) is 0 Å². The van der Waals surface area contributed by atoms with Gasteiger partial charge in [-0.2, -0.15) is 0 Å². The maximum atomic E-state index is 12.4. The summed E-state index contributed by atoms with van der Waals surface area (Å²) in [5.74, 6) is 1.41. The smallest absolute Gasteiger partial charge is 0.238 e. The highest BCUT2D eigenvalue weighted by Crippen LogP contribution is 2.36. The highest BCUT2D eigenvalue weighted by molar-refractivity contribution is 5.93. The number of rotatable bonds is 3. The zero-order valence-corrected chi connectivity index (χ0v) is 13.7. The molecule has 0 spiro atoms. The van der Waals surface area contributed by atoms with Crippen LogP contribution in [0.1, 0.15) is 16.7 Å². The van der Waals surface area contributed by atoms with Crippen LogP contribution >= 0.6 is 0 Å². The summed E-state index contributed by atoms with van der Waals surface area (Å²) in [4.78, 5) is 14.6. The average Bonchev–Trinajstić information content (AvgIpc) is 3.02. The number of ether oxygens (including phenoxy) is 2. The Balaban J connectivity index is 1.41. The molecule has 5 heteroatoms. The second kappa shape index (κ2) is 6.17. The number of nitrogens with one attached hydrogen (secondary N) is 1. The van der Waals surface area contributed by atoms with E-state index >= 15 is 0 Å². The van der Waals surface area contributed by atoms with Gasteiger partial charge >= 0.3 is 0 Å². The molecule has 2 aromatic rings. The number of carbonyl (C=O) groups excluding carboxylic acids is 1. The van der Waals surface area contributed by atoms with Crippen molar-refractivity contribution in [1.29, 1.82) is 0 Å². The van der Waals surface area contributed by atoms with E-state index in [1.165, 1.54) is 11.1 Å². The maximum absolute atomic E-state index is 12.4. The summed E-state index contributed by atoms with van der Waals surface area (Å²) < 4.78 is 10.7. The van der Waals surface area contributed by atoms with E-state index in [1.807, 2.05) is 19.1 Å². The van der Waals surface area contributed by atoms with Crippen LogP contribution in [0, 0.1) is 6.92 Å². The second-order valence-corrected chi connectivity index (χ2v) is 6.30. The van der Waals surface area contributed by atoms with Gasteiger partial charge in [0.2, 0.25) is 12.7 Å². The molecule has 0 aromatic heterocycles. The third-order valence-corrected chi connectivity index (χ3v) is 4.57. The molecule has 4 rings (SSSR count). The molecule has 1 N–H and O–H groups in total. The van der Waals surface area contributed by atoms with Crippen LogP contribution in [-0.4, -0.2) is 30.7 Å². The number of benzene rings is 2. The second-order valence-electron chi connectivity index (χ2n) is 6.30. The Morgan fingerprint density at radius 1 is 1.17 bits per heavy atom. The van der Waals surface area contributed by atoms with Gasteiger partial charge in [-0.3, -0.25) is 9.69 Å². The summed E-state index contributed by atoms with van der Waals surface area (Å²) in [7, 11) is 0. The van der Waals surface area contributed by atoms with Crippen LogP contribution < -0.4 is 14.8 Å². The predicted octanol–water partition coefficient (Wildman–Crippen LogP) is 2.72. The molecule has 0 atom stereocenters. The Kier molecular flexibility index (Phi) is 3.86. The normalized spacial score (nSPS) is 15.9. The summed E-state index contributed by atoms with van der Waals surface area (Å²) in [5, 5.41) is 3.00. The maximum Gasteiger partial charge on any atom is 0.238 e. The lowest BCUT2D eigenvalue weighted by Gasteiger charge is -2.28. The van der Waals surface area contributed by atoms with Crippen molar-refractivity contribution in [2.75, 3.05) is 25.2 Å². The topological polar surface area (TPSA) is 50.8 Å². The van der Waals surface area contributed by atoms with E-state index in [-0.39, 0.29) is 12.7 Å². The van der Waals surface area contributed by atoms with E-state index in [9.17, 15) is 4.79 Å². The van der Waals surface area contributed by atoms with Crippen LogP contribution in [0.25, 0.3) is 0 Å². The quantitative estimate of drug-likeness (QED) is 0.943. The van der Waals surface area contributed by atoms with E-state index in [0.717, 1.165) is 36.5 Å². The Labute approximate surface area is 141 Å². The molecule has 2 aliphatic heterocycles. The van der Waals surface area contributed by atoms with Crippen LogP contribution in [0.5, 0.6) is 11.5 Å². The van der Waals surface area contributed by atoms with Gasteiger partial charge in [0.15, 0.2) is 11.5 Å². The van der Waals surface area contributed by atoms with Gasteiger partial charge in [0, 0.05) is 24.8 Å². The van der Waals surface area contributed by atoms with Crippen molar-refractivity contribution in [3.8, 4) is 11.5 Å². The lowest BCUT2D eigenvalue weighted by Crippen LogP contribution is -2.37. The third-order valence-electron chi connectivity index (χ3n) is 4.57. The highest BCUT2D eigenvalue weighted by Gasteiger charge is 2.20. The molecule has 0 saturated carbocycles. The molecule has 2 heterocycles. The van der Waals surface area contributed by atoms with Crippen LogP contribution in [0.4, 0.5) is 5.69 Å². The fourth-order valence-corrected chi connectivity index (χ4v) is 3.26. The van der Waals surface area contributed by atoms with Gasteiger partial charge in [-0.1, -0.05) is 24.3 Å². The van der Waals surface area contributed by atoms with E-state index in [0.29, 0.717) is 12.3 Å². The molecule has 0 aliphatic carbocycles. The lowest BCUT2D eigenvalue weighted by molar-refractivity contribution is -0.117. The number of amides is 1. The summed E-state index contributed by atoms with van der Waals surface area (Å²) >= 11 is 0. The average molecular weight is 324 g/mol. The predicted molar refractivity (Wildman–Crippen MR) is 91.4 cm³/mol. The summed E-state index contributed by atoms with van der Waals surface area (Å²) in [6.45, 7) is 4.31. The first-order valence-corrected chi connectivity index (χ1v) is 8.18. The molecule has 0 unspecified atom stereocenters. The van der Waals surface area contributed by atoms with Crippen molar-refractivity contribution in [2.45, 2.75) is 19.9 Å². The van der Waals surface area contributed by atoms with Gasteiger partial charge in [0.25, 0.3) is 0 Å². The monoisotopic (exact) mass is 324 g/mol. The minimum absolute atomic E-state index is 0.00338. The molecule has 1 amide bonds. The van der Waals surface area contributed by atoms with Crippen LogP contribution in [-0.2, 0) is 17.8 Å². The van der Waals surface area contributed by atoms with Gasteiger partial charge < -0.3 is 14.8 Å². The van der Waals surface area contributed by atoms with E-state index in [4.69, 9.17) is 9.47 Å². The molecule has 0 bridgehead atoms. The fourth-order valence-electron chi connectivity index (χ4n) is 3.26. The molecule has 124 valence electrons. The van der Waals surface area contributed by atoms with E-state index < -0.39 is 0 Å². The van der Waals surface area contributed by atoms with Crippen molar-refractivity contribution in [3.05, 3.63) is 53.1 Å². The van der Waals surface area contributed by atoms with Gasteiger partial charge in [0.05, 0.1) is 6.54 Å². The molecular weight excluding hydrogens is 304 g/mol. The molecule has 2 aromatic carbocycles. The minimum atomic E-state index is -0.00338. The van der Waals surface area contributed by atoms with Crippen molar-refractivity contribution in [1.82, 2.24) is 4.90 Å². The number of anilines is 1. The molecule has 0 saturated heterocycles. The molecule has 0 fully saturated rings. The van der Waals surface area contributed by atoms with E-state index in [2.05, 4.69) is 34.5 Å². The first kappa shape index (κ1) is 15.0. The first-order chi connectivity index (χ1) is 11.7. The molecule has 5 nitrogen and oxygen atoms in total. The SMILES string of the molecule is Cc1cc2c(cc1NC(=O)CN1CCc3ccccc3C1)OCO2. The van der Waals surface area contributed by atoms with Gasteiger partial charge in [0.1, 0.15) is 0 Å². The van der Waals surface area contributed by atoms with Gasteiger partial charge in [-0.25, -0.2) is 0 Å². The van der Waals surface area contributed by atoms with Crippen molar-refractivity contribution >= 4 is 11.6 Å². The number of nitrogens with zero attached hydrogens (tertiary/aromatic N) is 1. The lowest BCUT2D eigenvalue weighted by atomic mass is 10.00. The zero-order valence-electron chi connectivity index (χ0n) is 13.7. The molecular formula is C19H20N2O3. The number of hydrogen-bond acceptors (Lipinski definition) is 4. The third kappa shape index (κ3) is 2.95. The summed E-state index contributed by atoms with van der Waals surface area (Å²) in [5.41, 5.74) is 4.45.